The molecule has 2 fully saturated rings. The number of carboxylic acid groups (broad SMARTS) is 3. The molecule has 16 atom stereocenters. The first kappa shape index (κ1) is 63.2. The number of ketones is 1. The Balaban J connectivity index is 2.23. The zero-order valence-corrected chi connectivity index (χ0v) is 44.2. The van der Waals surface area contributed by atoms with Crippen LogP contribution in [0.25, 0.3) is 0 Å². The van der Waals surface area contributed by atoms with E-state index in [0.717, 1.165) is 32.5 Å². The molecule has 2 aliphatic heterocycles. The summed E-state index contributed by atoms with van der Waals surface area (Å²) < 4.78 is 40.8. The second kappa shape index (κ2) is 27.1. The van der Waals surface area contributed by atoms with Crippen molar-refractivity contribution in [2.24, 2.45) is 5.92 Å². The van der Waals surface area contributed by atoms with Gasteiger partial charge < -0.3 is 84.9 Å². The van der Waals surface area contributed by atoms with E-state index in [9.17, 15) is 78.9 Å². The van der Waals surface area contributed by atoms with E-state index in [0.29, 0.717) is 18.2 Å². The predicted octanol–water partition coefficient (Wildman–Crippen LogP) is -1.27. The number of amides is 2. The summed E-state index contributed by atoms with van der Waals surface area (Å²) in [5.74, 6) is -13.4. The number of carbonyl (C=O) groups is 9. The van der Waals surface area contributed by atoms with Crippen LogP contribution in [-0.4, -0.2) is 214 Å². The third kappa shape index (κ3) is 15.5. The van der Waals surface area contributed by atoms with Crippen LogP contribution in [-0.2, 0) is 76.3 Å². The molecule has 30 heteroatoms. The van der Waals surface area contributed by atoms with Gasteiger partial charge in [-0.3, -0.25) is 29.4 Å². The molecule has 74 heavy (non-hydrogen) atoms. The summed E-state index contributed by atoms with van der Waals surface area (Å²) in [5.41, 5.74) is -7.85. The molecule has 0 saturated carbocycles. The molecule has 27 nitrogen and oxygen atoms in total. The Labute approximate surface area is 437 Å². The average molecular weight is 1110 g/mol. The Hall–Kier alpha value is -5.05. The summed E-state index contributed by atoms with van der Waals surface area (Å²) in [6.45, 7) is 9.72. The average Bonchev–Trinajstić information content (AvgIpc) is 3.30. The first-order valence-electron chi connectivity index (χ1n) is 22.9. The number of thiocarbonyl (C=S) groups is 1. The van der Waals surface area contributed by atoms with E-state index in [1.165, 1.54) is 27.9 Å². The molecule has 2 heterocycles. The third-order valence-electron chi connectivity index (χ3n) is 12.4. The Morgan fingerprint density at radius 3 is 2.00 bits per heavy atom. The first-order chi connectivity index (χ1) is 34.3. The highest BCUT2D eigenvalue weighted by atomic mass is 32.2. The van der Waals surface area contributed by atoms with Crippen molar-refractivity contribution in [2.75, 3.05) is 25.2 Å². The topological polar surface area (TPSA) is 420 Å². The fraction of sp³-hybridized carbons (Fsp3) is 0.705. The number of hydrogen-bond donors (Lipinski definition) is 11. The number of methoxy groups -OCH3 is 1. The molecule has 3 aliphatic rings. The highest BCUT2D eigenvalue weighted by Crippen LogP contribution is 2.43. The maximum Gasteiger partial charge on any atom is 0.341 e. The summed E-state index contributed by atoms with van der Waals surface area (Å²) in [6, 6.07) is -4.65. The van der Waals surface area contributed by atoms with Crippen LogP contribution in [0.1, 0.15) is 74.7 Å². The number of rotatable bonds is 24. The molecule has 16 unspecified atom stereocenters. The molecular formula is C44H64N4O23S3. The molecule has 0 aromatic carbocycles. The van der Waals surface area contributed by atoms with E-state index in [4.69, 9.17) is 50.8 Å². The maximum atomic E-state index is 14.8. The molecule has 11 N–H and O–H groups in total. The highest BCUT2D eigenvalue weighted by molar-refractivity contribution is 8.23. The summed E-state index contributed by atoms with van der Waals surface area (Å²) in [5, 5.41) is 91.3. The van der Waals surface area contributed by atoms with Crippen LogP contribution in [0.15, 0.2) is 11.3 Å². The van der Waals surface area contributed by atoms with Gasteiger partial charge in [-0.2, -0.15) is 11.8 Å². The fourth-order valence-corrected chi connectivity index (χ4v) is 10.3. The van der Waals surface area contributed by atoms with Gasteiger partial charge in [0.25, 0.3) is 0 Å². The summed E-state index contributed by atoms with van der Waals surface area (Å²) in [6.07, 6.45) is -17.7. The largest absolute Gasteiger partial charge is 0.508 e. The monoisotopic (exact) mass is 1110 g/mol. The number of aliphatic hydroxyl groups is 4. The Morgan fingerprint density at radius 2 is 1.49 bits per heavy atom. The van der Waals surface area contributed by atoms with Gasteiger partial charge in [-0.25, -0.2) is 19.2 Å². The molecule has 1 aliphatic carbocycles. The minimum Gasteiger partial charge on any atom is -0.508 e. The lowest BCUT2D eigenvalue weighted by atomic mass is 9.74. The van der Waals surface area contributed by atoms with E-state index < -0.39 is 186 Å². The Bertz CT molecular complexity index is 2200. The molecule has 0 aromatic rings. The lowest BCUT2D eigenvalue weighted by Gasteiger charge is -2.52. The molecule has 0 aromatic heterocycles. The molecule has 0 bridgehead atoms. The van der Waals surface area contributed by atoms with Crippen molar-refractivity contribution in [1.29, 1.82) is 5.41 Å². The third-order valence-corrected chi connectivity index (χ3v) is 15.1. The van der Waals surface area contributed by atoms with Crippen LogP contribution in [0.2, 0.25) is 0 Å². The van der Waals surface area contributed by atoms with Gasteiger partial charge in [0, 0.05) is 51.1 Å². The number of ether oxygens (including phenoxy) is 7. The van der Waals surface area contributed by atoms with Crippen molar-refractivity contribution in [3.63, 3.8) is 0 Å². The number of carbonyl (C=O) groups excluding carboxylic acids is 6. The highest BCUT2D eigenvalue weighted by Gasteiger charge is 2.62. The van der Waals surface area contributed by atoms with Crippen LogP contribution in [0.3, 0.4) is 0 Å². The van der Waals surface area contributed by atoms with E-state index >= 15 is 0 Å². The van der Waals surface area contributed by atoms with Crippen LogP contribution in [0.5, 0.6) is 0 Å². The molecule has 0 radical (unpaired) electrons. The summed E-state index contributed by atoms with van der Waals surface area (Å²) >= 11 is 6.91. The number of thioether (sulfide) groups is 2. The standard InChI is InChI=1S/C44H64N4O23S3/c1-10-16(2)40(61)68-19(5)44(64)18(4)67-28(11-27(44)65-9)70-34-32(53)36(43(63)12-25(52)30(45)29(35(43)54)39(59)60)69-26(13-66-22(8)51)33(34)71-41(62)31(17(3)73-14-23(37(55)56)46-20(6)49)48-42(72)74-15-24(38(57)58)47-21(7)50/h16-19,23-24,26-28,31-34,36,45,53-54,63-64H,10-15H2,1-9H3,(H,46,49)(H,47,50)(H,48,72)(H,55,56)(H,57,58)(H,59,60). The number of aliphatic hydroxyl groups excluding tert-OH is 2. The quantitative estimate of drug-likeness (QED) is 0.0305. The lowest BCUT2D eigenvalue weighted by Crippen LogP contribution is -2.70. The number of Topliss-reactive ketones (excluding diaryl/α,β-unsaturated/α-hetero) is 1. The van der Waals surface area contributed by atoms with Gasteiger partial charge in [-0.15, -0.1) is 0 Å². The number of esters is 3. The summed E-state index contributed by atoms with van der Waals surface area (Å²) in [7, 11) is 1.21. The summed E-state index contributed by atoms with van der Waals surface area (Å²) in [4.78, 5) is 113. The smallest absolute Gasteiger partial charge is 0.341 e. The van der Waals surface area contributed by atoms with Crippen molar-refractivity contribution < 1.29 is 112 Å². The Morgan fingerprint density at radius 1 is 0.905 bits per heavy atom. The van der Waals surface area contributed by atoms with E-state index in [1.807, 2.05) is 0 Å². The number of carboxylic acids is 3. The van der Waals surface area contributed by atoms with Crippen LogP contribution in [0.4, 0.5) is 0 Å². The second-order valence-corrected chi connectivity index (χ2v) is 20.8. The minimum atomic E-state index is -3.19. The van der Waals surface area contributed by atoms with Gasteiger partial charge in [0.1, 0.15) is 76.6 Å². The van der Waals surface area contributed by atoms with Crippen LogP contribution in [0, 0.1) is 11.3 Å². The van der Waals surface area contributed by atoms with Gasteiger partial charge in [0.15, 0.2) is 29.4 Å². The van der Waals surface area contributed by atoms with Crippen molar-refractivity contribution >= 4 is 99.2 Å². The molecule has 3 rings (SSSR count). The normalized spacial score (nSPS) is 29.5. The minimum absolute atomic E-state index is 0.269. The van der Waals surface area contributed by atoms with Crippen molar-refractivity contribution in [3.05, 3.63) is 11.3 Å². The van der Waals surface area contributed by atoms with Gasteiger partial charge in [-0.1, -0.05) is 44.8 Å². The van der Waals surface area contributed by atoms with Gasteiger partial charge in [0.2, 0.25) is 11.8 Å². The van der Waals surface area contributed by atoms with Gasteiger partial charge in [0.05, 0.1) is 24.5 Å². The number of aliphatic carboxylic acids is 3. The molecular weight excluding hydrogens is 1050 g/mol. The SMILES string of the molecule is CCC(C)C(=O)OC(C)C1(O)C(C)OC(OC2C(O)C(C3(O)CC(=O)C(=N)C(C(=O)O)=C3O)OC(COC(C)=O)C2OC(=O)C(NC(=S)SCC(NC(C)=O)C(=O)O)C(C)SCC(NC(C)=O)C(=O)O)CC1OC. The van der Waals surface area contributed by atoms with Gasteiger partial charge in [-0.05, 0) is 20.3 Å². The van der Waals surface area contributed by atoms with E-state index in [1.54, 1.807) is 13.8 Å². The van der Waals surface area contributed by atoms with E-state index in [-0.39, 0.29) is 15.8 Å². The zero-order valence-electron chi connectivity index (χ0n) is 41.7. The zero-order chi connectivity index (χ0) is 56.3. The molecule has 2 saturated heterocycles. The second-order valence-electron chi connectivity index (χ2n) is 17.7. The van der Waals surface area contributed by atoms with Crippen molar-refractivity contribution in [1.82, 2.24) is 16.0 Å². The number of hydrogen-bond acceptors (Lipinski definition) is 24. The van der Waals surface area contributed by atoms with Crippen molar-refractivity contribution in [2.45, 2.75) is 164 Å². The maximum absolute atomic E-state index is 14.8. The Kier molecular flexibility index (Phi) is 23.2. The molecule has 416 valence electrons. The predicted molar refractivity (Wildman–Crippen MR) is 260 cm³/mol. The molecule has 0 spiro atoms. The van der Waals surface area contributed by atoms with Crippen LogP contribution < -0.4 is 16.0 Å². The molecule has 2 amide bonds. The number of nitrogens with one attached hydrogen (secondary N) is 4. The first-order valence-corrected chi connectivity index (χ1v) is 25.3. The van der Waals surface area contributed by atoms with E-state index in [2.05, 4.69) is 16.0 Å². The van der Waals surface area contributed by atoms with Crippen molar-refractivity contribution in [3.8, 4) is 0 Å². The lowest BCUT2D eigenvalue weighted by molar-refractivity contribution is -0.345. The van der Waals surface area contributed by atoms with Gasteiger partial charge >= 0.3 is 35.8 Å². The van der Waals surface area contributed by atoms with Crippen LogP contribution >= 0.6 is 35.7 Å². The fourth-order valence-electron chi connectivity index (χ4n) is 8.09.